The zero-order valence-corrected chi connectivity index (χ0v) is 11.3. The number of alkyl halides is 3. The van der Waals surface area contributed by atoms with Gasteiger partial charge >= 0.3 is 6.18 Å². The van der Waals surface area contributed by atoms with Gasteiger partial charge < -0.3 is 15.8 Å². The van der Waals surface area contributed by atoms with Crippen LogP contribution in [0.25, 0.3) is 0 Å². The van der Waals surface area contributed by atoms with E-state index in [4.69, 9.17) is 10.9 Å². The second kappa shape index (κ2) is 6.23. The Morgan fingerprint density at radius 1 is 1.25 bits per heavy atom. The van der Waals surface area contributed by atoms with Crippen molar-refractivity contribution < 1.29 is 18.3 Å². The minimum absolute atomic E-state index is 0.00185. The molecule has 9 heteroatoms. The Kier molecular flexibility index (Phi) is 5.12. The molecule has 114 valence electrons. The predicted octanol–water partition coefficient (Wildman–Crippen LogP) is 1.60. The lowest BCUT2D eigenvalue weighted by molar-refractivity contribution is -0.144. The number of aliphatic hydroxyl groups is 1. The lowest BCUT2D eigenvalue weighted by Gasteiger charge is -2.24. The number of nitrogens with one attached hydrogen (secondary N) is 2. The molecular formula is C11H18F3N5O. The largest absolute Gasteiger partial charge is 0.451 e. The fourth-order valence-electron chi connectivity index (χ4n) is 1.46. The van der Waals surface area contributed by atoms with Crippen molar-refractivity contribution in [2.45, 2.75) is 26.4 Å². The Morgan fingerprint density at radius 2 is 1.85 bits per heavy atom. The first kappa shape index (κ1) is 16.4. The maximum Gasteiger partial charge on any atom is 0.451 e. The first-order valence-corrected chi connectivity index (χ1v) is 5.95. The number of hydrogen-bond acceptors (Lipinski definition) is 6. The fraction of sp³-hybridized carbons (Fsp3) is 0.636. The summed E-state index contributed by atoms with van der Waals surface area (Å²) < 4.78 is 37.9. The van der Waals surface area contributed by atoms with Crippen LogP contribution in [0.4, 0.5) is 24.8 Å². The van der Waals surface area contributed by atoms with Crippen LogP contribution in [0, 0.1) is 5.41 Å². The number of hydrazine groups is 1. The van der Waals surface area contributed by atoms with Gasteiger partial charge in [0.2, 0.25) is 5.82 Å². The summed E-state index contributed by atoms with van der Waals surface area (Å²) in [6, 6.07) is 1.28. The third kappa shape index (κ3) is 4.82. The van der Waals surface area contributed by atoms with Gasteiger partial charge in [0.25, 0.3) is 0 Å². The van der Waals surface area contributed by atoms with E-state index in [2.05, 4.69) is 20.7 Å². The highest BCUT2D eigenvalue weighted by molar-refractivity contribution is 5.47. The maximum atomic E-state index is 12.6. The molecule has 6 nitrogen and oxygen atoms in total. The van der Waals surface area contributed by atoms with E-state index in [-0.39, 0.29) is 23.7 Å². The number of aliphatic hydroxyl groups excluding tert-OH is 1. The number of nitrogens with zero attached hydrogens (tertiary/aromatic N) is 2. The SMILES string of the molecule is CC(C)(CCO)CNc1cc(NN)nc(C(F)(F)F)n1. The van der Waals surface area contributed by atoms with Gasteiger partial charge in [-0.15, -0.1) is 0 Å². The number of nitrogen functional groups attached to an aromatic ring is 1. The molecule has 0 saturated heterocycles. The molecule has 0 fully saturated rings. The number of rotatable bonds is 6. The van der Waals surface area contributed by atoms with Gasteiger partial charge in [0, 0.05) is 19.2 Å². The van der Waals surface area contributed by atoms with E-state index in [9.17, 15) is 13.2 Å². The first-order chi connectivity index (χ1) is 9.18. The third-order valence-corrected chi connectivity index (χ3v) is 2.66. The fourth-order valence-corrected chi connectivity index (χ4v) is 1.46. The standard InChI is InChI=1S/C11H18F3N5O/c1-10(2,3-4-20)6-16-7-5-8(19-15)18-9(17-7)11(12,13)14/h5,20H,3-4,6,15H2,1-2H3,(H2,16,17,18,19). The smallest absolute Gasteiger partial charge is 0.396 e. The lowest BCUT2D eigenvalue weighted by atomic mass is 9.90. The molecular weight excluding hydrogens is 275 g/mol. The summed E-state index contributed by atoms with van der Waals surface area (Å²) in [6.07, 6.45) is -4.14. The van der Waals surface area contributed by atoms with Gasteiger partial charge in [-0.25, -0.2) is 15.8 Å². The number of nitrogens with two attached hydrogens (primary N) is 1. The number of anilines is 2. The van der Waals surface area contributed by atoms with Crippen LogP contribution in [0.3, 0.4) is 0 Å². The molecule has 0 amide bonds. The van der Waals surface area contributed by atoms with Gasteiger partial charge in [-0.3, -0.25) is 0 Å². The first-order valence-electron chi connectivity index (χ1n) is 5.95. The minimum Gasteiger partial charge on any atom is -0.396 e. The van der Waals surface area contributed by atoms with Crippen molar-refractivity contribution >= 4 is 11.6 Å². The average molecular weight is 293 g/mol. The van der Waals surface area contributed by atoms with Gasteiger partial charge in [-0.2, -0.15) is 13.2 Å². The molecule has 0 aliphatic carbocycles. The Balaban J connectivity index is 2.90. The predicted molar refractivity (Wildman–Crippen MR) is 68.8 cm³/mol. The number of halogens is 3. The molecule has 0 aliphatic heterocycles. The van der Waals surface area contributed by atoms with Crippen molar-refractivity contribution in [1.82, 2.24) is 9.97 Å². The van der Waals surface area contributed by atoms with Crippen LogP contribution in [0.5, 0.6) is 0 Å². The normalized spacial score (nSPS) is 12.3. The van der Waals surface area contributed by atoms with E-state index in [0.29, 0.717) is 13.0 Å². The molecule has 1 heterocycles. The molecule has 1 aromatic rings. The van der Waals surface area contributed by atoms with Crippen LogP contribution in [-0.4, -0.2) is 28.2 Å². The second-order valence-electron chi connectivity index (χ2n) is 5.10. The molecule has 0 bridgehead atoms. The Hall–Kier alpha value is -1.61. The quantitative estimate of drug-likeness (QED) is 0.470. The molecule has 20 heavy (non-hydrogen) atoms. The maximum absolute atomic E-state index is 12.6. The van der Waals surface area contributed by atoms with E-state index >= 15 is 0 Å². The van der Waals surface area contributed by atoms with Crippen molar-refractivity contribution in [3.05, 3.63) is 11.9 Å². The second-order valence-corrected chi connectivity index (χ2v) is 5.10. The van der Waals surface area contributed by atoms with Crippen LogP contribution in [0.2, 0.25) is 0 Å². The zero-order valence-electron chi connectivity index (χ0n) is 11.3. The Labute approximate surface area is 114 Å². The summed E-state index contributed by atoms with van der Waals surface area (Å²) in [5.41, 5.74) is 1.79. The van der Waals surface area contributed by atoms with E-state index in [1.54, 1.807) is 0 Å². The van der Waals surface area contributed by atoms with E-state index < -0.39 is 12.0 Å². The highest BCUT2D eigenvalue weighted by Crippen LogP contribution is 2.28. The molecule has 0 aromatic carbocycles. The zero-order chi connectivity index (χ0) is 15.4. The Bertz CT molecular complexity index is 450. The molecule has 0 atom stereocenters. The van der Waals surface area contributed by atoms with Gasteiger partial charge in [0.05, 0.1) is 0 Å². The third-order valence-electron chi connectivity index (χ3n) is 2.66. The Morgan fingerprint density at radius 3 is 2.35 bits per heavy atom. The van der Waals surface area contributed by atoms with Crippen LogP contribution >= 0.6 is 0 Å². The van der Waals surface area contributed by atoms with E-state index in [0.717, 1.165) is 0 Å². The van der Waals surface area contributed by atoms with Crippen molar-refractivity contribution in [2.75, 3.05) is 23.9 Å². The molecule has 0 radical (unpaired) electrons. The summed E-state index contributed by atoms with van der Waals surface area (Å²) in [7, 11) is 0. The summed E-state index contributed by atoms with van der Waals surface area (Å²) >= 11 is 0. The molecule has 1 aromatic heterocycles. The van der Waals surface area contributed by atoms with E-state index in [1.165, 1.54) is 6.07 Å². The lowest BCUT2D eigenvalue weighted by Crippen LogP contribution is -2.25. The summed E-state index contributed by atoms with van der Waals surface area (Å²) in [4.78, 5) is 6.66. The number of hydrogen-bond donors (Lipinski definition) is 4. The monoisotopic (exact) mass is 293 g/mol. The minimum atomic E-state index is -4.65. The molecule has 0 aliphatic rings. The summed E-state index contributed by atoms with van der Waals surface area (Å²) in [5, 5.41) is 11.7. The van der Waals surface area contributed by atoms with Gasteiger partial charge in [-0.1, -0.05) is 13.8 Å². The summed E-state index contributed by atoms with van der Waals surface area (Å²) in [5.74, 6) is 3.71. The molecule has 0 unspecified atom stereocenters. The van der Waals surface area contributed by atoms with Gasteiger partial charge in [0.15, 0.2) is 0 Å². The highest BCUT2D eigenvalue weighted by atomic mass is 19.4. The van der Waals surface area contributed by atoms with Crippen molar-refractivity contribution in [1.29, 1.82) is 0 Å². The van der Waals surface area contributed by atoms with Crippen LogP contribution in [-0.2, 0) is 6.18 Å². The molecule has 0 saturated carbocycles. The topological polar surface area (TPSA) is 96.1 Å². The highest BCUT2D eigenvalue weighted by Gasteiger charge is 2.35. The van der Waals surface area contributed by atoms with Gasteiger partial charge in [-0.05, 0) is 11.8 Å². The molecule has 1 rings (SSSR count). The molecule has 0 spiro atoms. The number of aromatic nitrogens is 2. The van der Waals surface area contributed by atoms with Crippen LogP contribution in [0.1, 0.15) is 26.1 Å². The van der Waals surface area contributed by atoms with E-state index in [1.807, 2.05) is 13.8 Å². The average Bonchev–Trinajstić information content (AvgIpc) is 2.35. The van der Waals surface area contributed by atoms with Crippen molar-refractivity contribution in [3.8, 4) is 0 Å². The van der Waals surface area contributed by atoms with Crippen LogP contribution in [0.15, 0.2) is 6.07 Å². The summed E-state index contributed by atoms with van der Waals surface area (Å²) in [6.45, 7) is 4.11. The van der Waals surface area contributed by atoms with Gasteiger partial charge in [0.1, 0.15) is 11.6 Å². The van der Waals surface area contributed by atoms with Crippen molar-refractivity contribution in [2.24, 2.45) is 11.3 Å². The van der Waals surface area contributed by atoms with Crippen molar-refractivity contribution in [3.63, 3.8) is 0 Å². The molecule has 5 N–H and O–H groups in total. The van der Waals surface area contributed by atoms with Crippen LogP contribution < -0.4 is 16.6 Å².